The highest BCUT2D eigenvalue weighted by Crippen LogP contribution is 2.24. The van der Waals surface area contributed by atoms with Gasteiger partial charge in [0.25, 0.3) is 11.8 Å². The highest BCUT2D eigenvalue weighted by molar-refractivity contribution is 7.14. The Labute approximate surface area is 136 Å². The van der Waals surface area contributed by atoms with E-state index >= 15 is 0 Å². The Bertz CT molecular complexity index is 741. The van der Waals surface area contributed by atoms with Crippen LogP contribution in [-0.4, -0.2) is 32.1 Å². The maximum atomic E-state index is 12.3. The lowest BCUT2D eigenvalue weighted by atomic mass is 10.2. The lowest BCUT2D eigenvalue weighted by Crippen LogP contribution is -2.30. The van der Waals surface area contributed by atoms with E-state index in [1.54, 1.807) is 29.6 Å². The van der Waals surface area contributed by atoms with Crippen LogP contribution in [0.25, 0.3) is 0 Å². The molecule has 0 unspecified atom stereocenters. The monoisotopic (exact) mass is 334 g/mol. The van der Waals surface area contributed by atoms with Crippen molar-refractivity contribution in [1.29, 1.82) is 0 Å². The van der Waals surface area contributed by atoms with Crippen molar-refractivity contribution in [1.82, 2.24) is 5.32 Å². The zero-order valence-electron chi connectivity index (χ0n) is 12.4. The summed E-state index contributed by atoms with van der Waals surface area (Å²) in [5.41, 5.74) is 0.564. The van der Waals surface area contributed by atoms with Crippen LogP contribution in [0.4, 0.5) is 9.80 Å². The molecular formula is C15H14N2O5S. The van der Waals surface area contributed by atoms with Gasteiger partial charge in [-0.15, -0.1) is 11.3 Å². The molecule has 1 heterocycles. The maximum Gasteiger partial charge on any atom is 0.413 e. The van der Waals surface area contributed by atoms with Gasteiger partial charge in [0.15, 0.2) is 0 Å². The van der Waals surface area contributed by atoms with Crippen LogP contribution in [0, 0.1) is 0 Å². The molecule has 8 heteroatoms. The third-order valence-electron chi connectivity index (χ3n) is 2.87. The lowest BCUT2D eigenvalue weighted by Gasteiger charge is -2.07. The standard InChI is InChI=1S/C15H14N2O5S/c1-21-10-5-3-4-9(8-10)12(18)16-14-11(6-7-23-14)13(19)17-15(20)22-2/h3-8H,1-2H3,(H,16,18)(H,17,19,20). The van der Waals surface area contributed by atoms with Crippen molar-refractivity contribution in [3.8, 4) is 5.75 Å². The molecule has 7 nitrogen and oxygen atoms in total. The summed E-state index contributed by atoms with van der Waals surface area (Å²) < 4.78 is 9.43. The summed E-state index contributed by atoms with van der Waals surface area (Å²) >= 11 is 1.17. The number of ether oxygens (including phenoxy) is 2. The van der Waals surface area contributed by atoms with Crippen molar-refractivity contribution in [2.24, 2.45) is 0 Å². The number of imide groups is 1. The predicted molar refractivity (Wildman–Crippen MR) is 85.1 cm³/mol. The number of nitrogens with one attached hydrogen (secondary N) is 2. The second-order valence-electron chi connectivity index (χ2n) is 4.30. The van der Waals surface area contributed by atoms with Crippen molar-refractivity contribution in [2.75, 3.05) is 19.5 Å². The first kappa shape index (κ1) is 16.5. The number of hydrogen-bond acceptors (Lipinski definition) is 6. The van der Waals surface area contributed by atoms with Gasteiger partial charge in [-0.3, -0.25) is 14.9 Å². The highest BCUT2D eigenvalue weighted by Gasteiger charge is 2.18. The first-order chi connectivity index (χ1) is 11.0. The number of carbonyl (C=O) groups excluding carboxylic acids is 3. The Balaban J connectivity index is 2.14. The van der Waals surface area contributed by atoms with Gasteiger partial charge in [0.1, 0.15) is 10.8 Å². The molecule has 120 valence electrons. The molecule has 0 radical (unpaired) electrons. The number of hydrogen-bond donors (Lipinski definition) is 2. The van der Waals surface area contributed by atoms with E-state index in [4.69, 9.17) is 4.74 Å². The van der Waals surface area contributed by atoms with Gasteiger partial charge < -0.3 is 14.8 Å². The molecule has 0 spiro atoms. The fourth-order valence-electron chi connectivity index (χ4n) is 1.74. The van der Waals surface area contributed by atoms with E-state index in [-0.39, 0.29) is 5.56 Å². The number of benzene rings is 1. The third-order valence-corrected chi connectivity index (χ3v) is 3.70. The molecule has 0 aliphatic rings. The first-order valence-corrected chi connectivity index (χ1v) is 7.35. The van der Waals surface area contributed by atoms with Crippen LogP contribution in [0.5, 0.6) is 5.75 Å². The minimum Gasteiger partial charge on any atom is -0.497 e. The summed E-state index contributed by atoms with van der Waals surface area (Å²) in [5.74, 6) is -0.495. The molecule has 1 aromatic heterocycles. The maximum absolute atomic E-state index is 12.3. The zero-order valence-corrected chi connectivity index (χ0v) is 13.2. The van der Waals surface area contributed by atoms with Crippen molar-refractivity contribution in [3.05, 3.63) is 46.8 Å². The highest BCUT2D eigenvalue weighted by atomic mass is 32.1. The van der Waals surface area contributed by atoms with Crippen LogP contribution < -0.4 is 15.4 Å². The van der Waals surface area contributed by atoms with Gasteiger partial charge in [0.05, 0.1) is 19.8 Å². The number of thiophene rings is 1. The number of anilines is 1. The molecule has 2 aromatic rings. The lowest BCUT2D eigenvalue weighted by molar-refractivity contribution is 0.0938. The fourth-order valence-corrected chi connectivity index (χ4v) is 2.52. The summed E-state index contributed by atoms with van der Waals surface area (Å²) in [7, 11) is 2.66. The fraction of sp³-hybridized carbons (Fsp3) is 0.133. The molecule has 0 aliphatic carbocycles. The molecule has 0 saturated heterocycles. The third kappa shape index (κ3) is 4.07. The van der Waals surface area contributed by atoms with E-state index in [9.17, 15) is 14.4 Å². The molecule has 2 N–H and O–H groups in total. The van der Waals surface area contributed by atoms with Gasteiger partial charge in [-0.2, -0.15) is 0 Å². The quantitative estimate of drug-likeness (QED) is 0.896. The average molecular weight is 334 g/mol. The van der Waals surface area contributed by atoms with Crippen LogP contribution in [-0.2, 0) is 4.74 Å². The molecule has 0 aliphatic heterocycles. The number of alkyl carbamates (subject to hydrolysis) is 1. The Morgan fingerprint density at radius 1 is 1.09 bits per heavy atom. The molecule has 3 amide bonds. The summed E-state index contributed by atoms with van der Waals surface area (Å²) in [6.45, 7) is 0. The Kier molecular flexibility index (Phi) is 5.32. The second-order valence-corrected chi connectivity index (χ2v) is 5.21. The van der Waals surface area contributed by atoms with E-state index in [1.165, 1.54) is 24.5 Å². The number of methoxy groups -OCH3 is 2. The molecule has 0 saturated carbocycles. The Morgan fingerprint density at radius 2 is 1.87 bits per heavy atom. The van der Waals surface area contributed by atoms with E-state index in [2.05, 4.69) is 10.1 Å². The van der Waals surface area contributed by atoms with E-state index < -0.39 is 17.9 Å². The normalized spacial score (nSPS) is 9.83. The number of amides is 3. The molecule has 0 fully saturated rings. The van der Waals surface area contributed by atoms with Crippen LogP contribution in [0.1, 0.15) is 20.7 Å². The van der Waals surface area contributed by atoms with Crippen molar-refractivity contribution < 1.29 is 23.9 Å². The van der Waals surface area contributed by atoms with Gasteiger partial charge in [0, 0.05) is 5.56 Å². The molecule has 2 rings (SSSR count). The first-order valence-electron chi connectivity index (χ1n) is 6.47. The van der Waals surface area contributed by atoms with Gasteiger partial charge in [0.2, 0.25) is 0 Å². The van der Waals surface area contributed by atoms with E-state index in [0.29, 0.717) is 16.3 Å². The molecular weight excluding hydrogens is 320 g/mol. The summed E-state index contributed by atoms with van der Waals surface area (Å²) in [6, 6.07) is 8.12. The van der Waals surface area contributed by atoms with Crippen LogP contribution in [0.2, 0.25) is 0 Å². The van der Waals surface area contributed by atoms with Gasteiger partial charge in [-0.25, -0.2) is 4.79 Å². The summed E-state index contributed by atoms with van der Waals surface area (Å²) in [5, 5.41) is 6.65. The number of rotatable bonds is 4. The topological polar surface area (TPSA) is 93.7 Å². The Morgan fingerprint density at radius 3 is 2.57 bits per heavy atom. The van der Waals surface area contributed by atoms with Crippen molar-refractivity contribution >= 4 is 34.2 Å². The van der Waals surface area contributed by atoms with E-state index in [1.807, 2.05) is 5.32 Å². The summed E-state index contributed by atoms with van der Waals surface area (Å²) in [4.78, 5) is 35.3. The average Bonchev–Trinajstić information content (AvgIpc) is 3.02. The Hall–Kier alpha value is -2.87. The molecule has 1 aromatic carbocycles. The molecule has 23 heavy (non-hydrogen) atoms. The van der Waals surface area contributed by atoms with Gasteiger partial charge in [-0.1, -0.05) is 6.07 Å². The van der Waals surface area contributed by atoms with Gasteiger partial charge in [-0.05, 0) is 29.6 Å². The SMILES string of the molecule is COC(=O)NC(=O)c1ccsc1NC(=O)c1cccc(OC)c1. The van der Waals surface area contributed by atoms with Crippen LogP contribution in [0.15, 0.2) is 35.7 Å². The molecule has 0 atom stereocenters. The van der Waals surface area contributed by atoms with Crippen LogP contribution in [0.3, 0.4) is 0 Å². The largest absolute Gasteiger partial charge is 0.497 e. The van der Waals surface area contributed by atoms with Crippen molar-refractivity contribution in [3.63, 3.8) is 0 Å². The smallest absolute Gasteiger partial charge is 0.413 e. The second kappa shape index (κ2) is 7.41. The van der Waals surface area contributed by atoms with Crippen LogP contribution >= 0.6 is 11.3 Å². The van der Waals surface area contributed by atoms with Gasteiger partial charge >= 0.3 is 6.09 Å². The van der Waals surface area contributed by atoms with E-state index in [0.717, 1.165) is 7.11 Å². The predicted octanol–water partition coefficient (Wildman–Crippen LogP) is 2.51. The zero-order chi connectivity index (χ0) is 16.8. The van der Waals surface area contributed by atoms with Crippen molar-refractivity contribution in [2.45, 2.75) is 0 Å². The minimum absolute atomic E-state index is 0.177. The minimum atomic E-state index is -0.869. The number of carbonyl (C=O) groups is 3. The summed E-state index contributed by atoms with van der Waals surface area (Å²) in [6.07, 6.45) is -0.869. The molecule has 0 bridgehead atoms.